The van der Waals surface area contributed by atoms with Gasteiger partial charge in [-0.05, 0) is 37.7 Å². The van der Waals surface area contributed by atoms with Gasteiger partial charge in [0.1, 0.15) is 5.02 Å². The number of halogens is 1. The fourth-order valence-corrected chi connectivity index (χ4v) is 4.62. The molecule has 0 unspecified atom stereocenters. The topological polar surface area (TPSA) is 76.5 Å². The Morgan fingerprint density at radius 2 is 2.06 bits per heavy atom. The van der Waals surface area contributed by atoms with Crippen molar-refractivity contribution in [2.45, 2.75) is 44.7 Å². The molecule has 31 heavy (non-hydrogen) atoms. The van der Waals surface area contributed by atoms with Crippen molar-refractivity contribution in [3.05, 3.63) is 57.5 Å². The van der Waals surface area contributed by atoms with Crippen molar-refractivity contribution in [1.82, 2.24) is 14.7 Å². The summed E-state index contributed by atoms with van der Waals surface area (Å²) in [4.78, 5) is 27.6. The van der Waals surface area contributed by atoms with Crippen LogP contribution in [0.2, 0.25) is 5.02 Å². The summed E-state index contributed by atoms with van der Waals surface area (Å²) < 4.78 is 6.87. The molecule has 2 aromatic rings. The minimum Gasteiger partial charge on any atom is -0.382 e. The van der Waals surface area contributed by atoms with E-state index in [1.807, 2.05) is 42.2 Å². The van der Waals surface area contributed by atoms with Gasteiger partial charge >= 0.3 is 0 Å². The van der Waals surface area contributed by atoms with Gasteiger partial charge in [0.2, 0.25) is 5.91 Å². The Morgan fingerprint density at radius 3 is 2.77 bits per heavy atom. The largest absolute Gasteiger partial charge is 0.382 e. The summed E-state index contributed by atoms with van der Waals surface area (Å²) in [5.41, 5.74) is 1.29. The van der Waals surface area contributed by atoms with Crippen molar-refractivity contribution < 1.29 is 9.53 Å². The zero-order valence-corrected chi connectivity index (χ0v) is 18.6. The molecule has 1 aromatic carbocycles. The number of carbonyl (C=O) groups excluding carboxylic acids is 1. The van der Waals surface area contributed by atoms with Gasteiger partial charge in [0.05, 0.1) is 30.6 Å². The molecule has 1 amide bonds. The van der Waals surface area contributed by atoms with E-state index in [0.717, 1.165) is 31.6 Å². The number of nitrogens with zero attached hydrogens (tertiary/aromatic N) is 3. The summed E-state index contributed by atoms with van der Waals surface area (Å²) in [7, 11) is 0. The third kappa shape index (κ3) is 4.93. The van der Waals surface area contributed by atoms with Crippen molar-refractivity contribution in [1.29, 1.82) is 0 Å². The van der Waals surface area contributed by atoms with E-state index in [4.69, 9.17) is 16.3 Å². The maximum Gasteiger partial charge on any atom is 0.287 e. The predicted octanol–water partition coefficient (Wildman–Crippen LogP) is 3.66. The number of amides is 1. The van der Waals surface area contributed by atoms with Gasteiger partial charge in [-0.1, -0.05) is 41.9 Å². The average molecular weight is 445 g/mol. The smallest absolute Gasteiger partial charge is 0.287 e. The summed E-state index contributed by atoms with van der Waals surface area (Å²) in [5.74, 6) is 0.428. The van der Waals surface area contributed by atoms with Crippen LogP contribution in [0.5, 0.6) is 0 Å². The highest BCUT2D eigenvalue weighted by Gasteiger charge is 2.32. The predicted molar refractivity (Wildman–Crippen MR) is 120 cm³/mol. The zero-order chi connectivity index (χ0) is 21.8. The summed E-state index contributed by atoms with van der Waals surface area (Å²) >= 11 is 6.37. The van der Waals surface area contributed by atoms with Crippen LogP contribution in [0.4, 0.5) is 5.69 Å². The van der Waals surface area contributed by atoms with Gasteiger partial charge in [-0.2, -0.15) is 5.10 Å². The number of carbonyl (C=O) groups is 1. The normalized spacial score (nSPS) is 22.9. The number of nitrogens with one attached hydrogen (secondary N) is 1. The minimum atomic E-state index is -0.353. The Bertz CT molecular complexity index is 959. The molecule has 2 aliphatic rings. The molecule has 2 saturated heterocycles. The molecule has 0 bridgehead atoms. The molecule has 166 valence electrons. The van der Waals surface area contributed by atoms with Crippen LogP contribution in [0.1, 0.15) is 50.3 Å². The van der Waals surface area contributed by atoms with E-state index >= 15 is 0 Å². The Balaban J connectivity index is 1.41. The first kappa shape index (κ1) is 21.8. The van der Waals surface area contributed by atoms with E-state index in [-0.39, 0.29) is 35.0 Å². The minimum absolute atomic E-state index is 0.00161. The van der Waals surface area contributed by atoms with Crippen molar-refractivity contribution in [2.75, 3.05) is 31.6 Å². The van der Waals surface area contributed by atoms with Gasteiger partial charge in [-0.15, -0.1) is 0 Å². The Hall–Kier alpha value is -2.38. The number of hydrogen-bond donors (Lipinski definition) is 1. The molecular weight excluding hydrogens is 416 g/mol. The first-order valence-electron chi connectivity index (χ1n) is 11.0. The molecular formula is C23H29ClN4O3. The van der Waals surface area contributed by atoms with Gasteiger partial charge in [0, 0.05) is 26.1 Å². The van der Waals surface area contributed by atoms with Crippen LogP contribution in [-0.2, 0) is 9.53 Å². The fraction of sp³-hybridized carbons (Fsp3) is 0.522. The monoisotopic (exact) mass is 444 g/mol. The molecule has 8 heteroatoms. The second-order valence-corrected chi connectivity index (χ2v) is 8.78. The molecule has 7 nitrogen and oxygen atoms in total. The van der Waals surface area contributed by atoms with Crippen LogP contribution >= 0.6 is 11.6 Å². The molecule has 4 rings (SSSR count). The number of benzene rings is 1. The molecule has 0 aliphatic carbocycles. The molecule has 1 N–H and O–H groups in total. The summed E-state index contributed by atoms with van der Waals surface area (Å²) in [6, 6.07) is 9.70. The van der Waals surface area contributed by atoms with Crippen LogP contribution < -0.4 is 10.9 Å². The number of piperidine rings is 1. The lowest BCUT2D eigenvalue weighted by molar-refractivity contribution is -0.137. The lowest BCUT2D eigenvalue weighted by Gasteiger charge is -2.36. The van der Waals surface area contributed by atoms with Crippen LogP contribution in [-0.4, -0.2) is 46.9 Å². The Kier molecular flexibility index (Phi) is 6.92. The van der Waals surface area contributed by atoms with Crippen molar-refractivity contribution >= 4 is 23.2 Å². The third-order valence-electron chi connectivity index (χ3n) is 6.31. The van der Waals surface area contributed by atoms with E-state index in [1.165, 1.54) is 4.68 Å². The van der Waals surface area contributed by atoms with E-state index < -0.39 is 0 Å². The van der Waals surface area contributed by atoms with Crippen LogP contribution in [0.15, 0.2) is 41.3 Å². The van der Waals surface area contributed by atoms with Gasteiger partial charge in [0.15, 0.2) is 0 Å². The van der Waals surface area contributed by atoms with Crippen molar-refractivity contribution in [3.63, 3.8) is 0 Å². The van der Waals surface area contributed by atoms with E-state index in [0.29, 0.717) is 31.1 Å². The SMILES string of the molecule is C[C@@H](c1ccccc1)N1CC[C@@H](n2ncc(NC[C@@H]3CCCOC3)c(Cl)c2=O)CC1=O. The second-order valence-electron chi connectivity index (χ2n) is 8.41. The number of hydrogen-bond acceptors (Lipinski definition) is 5. The molecule has 1 aromatic heterocycles. The van der Waals surface area contributed by atoms with Crippen molar-refractivity contribution in [2.24, 2.45) is 5.92 Å². The summed E-state index contributed by atoms with van der Waals surface area (Å²) in [6.07, 6.45) is 4.65. The van der Waals surface area contributed by atoms with Gasteiger partial charge in [0.25, 0.3) is 5.56 Å². The molecule has 3 atom stereocenters. The highest BCUT2D eigenvalue weighted by atomic mass is 35.5. The van der Waals surface area contributed by atoms with Crippen molar-refractivity contribution in [3.8, 4) is 0 Å². The van der Waals surface area contributed by atoms with Crippen LogP contribution in [0.25, 0.3) is 0 Å². The number of rotatable bonds is 6. The van der Waals surface area contributed by atoms with E-state index in [2.05, 4.69) is 10.4 Å². The molecule has 2 aliphatic heterocycles. The Labute approximate surface area is 187 Å². The zero-order valence-electron chi connectivity index (χ0n) is 17.8. The first-order chi connectivity index (χ1) is 15.0. The quantitative estimate of drug-likeness (QED) is 0.735. The van der Waals surface area contributed by atoms with E-state index in [9.17, 15) is 9.59 Å². The Morgan fingerprint density at radius 1 is 1.26 bits per heavy atom. The first-order valence-corrected chi connectivity index (χ1v) is 11.4. The second kappa shape index (κ2) is 9.83. The molecule has 0 radical (unpaired) electrons. The average Bonchev–Trinajstić information content (AvgIpc) is 2.81. The lowest BCUT2D eigenvalue weighted by atomic mass is 9.99. The number of anilines is 1. The molecule has 0 spiro atoms. The number of likely N-dealkylation sites (tertiary alicyclic amines) is 1. The van der Waals surface area contributed by atoms with Gasteiger partial charge in [-0.25, -0.2) is 4.68 Å². The summed E-state index contributed by atoms with van der Waals surface area (Å²) in [5, 5.41) is 7.71. The number of aromatic nitrogens is 2. The van der Waals surface area contributed by atoms with Crippen LogP contribution in [0.3, 0.4) is 0 Å². The highest BCUT2D eigenvalue weighted by Crippen LogP contribution is 2.29. The number of ether oxygens (including phenoxy) is 1. The fourth-order valence-electron chi connectivity index (χ4n) is 4.41. The molecule has 3 heterocycles. The third-order valence-corrected chi connectivity index (χ3v) is 6.67. The molecule has 2 fully saturated rings. The maximum atomic E-state index is 12.9. The summed E-state index contributed by atoms with van der Waals surface area (Å²) in [6.45, 7) is 4.84. The lowest BCUT2D eigenvalue weighted by Crippen LogP contribution is -2.43. The van der Waals surface area contributed by atoms with Gasteiger partial charge < -0.3 is 15.0 Å². The van der Waals surface area contributed by atoms with Crippen LogP contribution in [0, 0.1) is 5.92 Å². The highest BCUT2D eigenvalue weighted by molar-refractivity contribution is 6.32. The standard InChI is InChI=1S/C23H29ClN4O3/c1-16(18-7-3-2-4-8-18)27-10-9-19(12-21(27)29)28-23(30)22(24)20(14-26-28)25-13-17-6-5-11-31-15-17/h2-4,7-8,14,16-17,19,25H,5-6,9-13,15H2,1H3/t16-,17-,19+/m0/s1. The molecule has 0 saturated carbocycles. The van der Waals surface area contributed by atoms with E-state index in [1.54, 1.807) is 6.20 Å². The van der Waals surface area contributed by atoms with Gasteiger partial charge in [-0.3, -0.25) is 9.59 Å². The maximum absolute atomic E-state index is 12.9.